The number of anilines is 3. The fourth-order valence-electron chi connectivity index (χ4n) is 2.17. The molecule has 0 fully saturated rings. The van der Waals surface area contributed by atoms with Crippen molar-refractivity contribution in [3.63, 3.8) is 0 Å². The fourth-order valence-corrected chi connectivity index (χ4v) is 2.99. The van der Waals surface area contributed by atoms with Gasteiger partial charge in [0.1, 0.15) is 11.6 Å². The average Bonchev–Trinajstić information content (AvgIpc) is 2.57. The van der Waals surface area contributed by atoms with Crippen LogP contribution in [-0.4, -0.2) is 41.4 Å². The van der Waals surface area contributed by atoms with Crippen molar-refractivity contribution < 1.29 is 18.3 Å². The summed E-state index contributed by atoms with van der Waals surface area (Å²) in [7, 11) is -3.76. The highest BCUT2D eigenvalue weighted by Gasteiger charge is 2.18. The Labute approximate surface area is 165 Å². The topological polar surface area (TPSA) is 147 Å². The lowest BCUT2D eigenvalue weighted by Gasteiger charge is -2.20. The number of aliphatic hydroxyl groups is 1. The van der Waals surface area contributed by atoms with Crippen LogP contribution in [0.25, 0.3) is 0 Å². The second kappa shape index (κ2) is 8.74. The number of nitrogens with one attached hydrogen (secondary N) is 2. The van der Waals surface area contributed by atoms with Crippen LogP contribution in [0.5, 0.6) is 0 Å². The molecular formula is C16H20BrN5O4S. The van der Waals surface area contributed by atoms with E-state index >= 15 is 0 Å². The van der Waals surface area contributed by atoms with E-state index in [1.54, 1.807) is 6.92 Å². The van der Waals surface area contributed by atoms with E-state index in [9.17, 15) is 18.3 Å². The van der Waals surface area contributed by atoms with Crippen LogP contribution in [-0.2, 0) is 14.8 Å². The minimum Gasteiger partial charge on any atom is -0.391 e. The van der Waals surface area contributed by atoms with Crippen molar-refractivity contribution in [1.82, 2.24) is 9.97 Å². The Hall–Kier alpha value is -2.08. The van der Waals surface area contributed by atoms with Gasteiger partial charge in [-0.3, -0.25) is 4.79 Å². The maximum atomic E-state index is 11.3. The van der Waals surface area contributed by atoms with Crippen LogP contribution in [0, 0.1) is 0 Å². The number of Topliss-reactive ketones (excluding diaryl/α,β-unsaturated/α-hetero) is 1. The smallest absolute Gasteiger partial charge is 0.238 e. The lowest BCUT2D eigenvalue weighted by Crippen LogP contribution is -2.32. The molecular weight excluding hydrogens is 438 g/mol. The molecule has 0 aliphatic rings. The zero-order chi connectivity index (χ0) is 20.2. The third kappa shape index (κ3) is 6.24. The molecule has 0 spiro atoms. The van der Waals surface area contributed by atoms with Gasteiger partial charge in [-0.2, -0.15) is 4.98 Å². The standard InChI is InChI=1S/C16H20BrN5O4S/c1-9(23)7-14(24)10(2)20-15-13(17)8-19-16(22-15)21-11-3-5-12(6-4-11)27(18,25)26/h3-6,8,10,14,24H,7H2,1-2H3,(H2,18,25,26)(H2,19,20,21,22). The maximum absolute atomic E-state index is 11.3. The molecule has 0 saturated heterocycles. The van der Waals surface area contributed by atoms with Gasteiger partial charge in [0.05, 0.1) is 21.5 Å². The average molecular weight is 458 g/mol. The number of aliphatic hydroxyl groups excluding tert-OH is 1. The summed E-state index contributed by atoms with van der Waals surface area (Å²) < 4.78 is 23.2. The SMILES string of the molecule is CC(=O)CC(O)C(C)Nc1nc(Nc2ccc(S(N)(=O)=O)cc2)ncc1Br. The van der Waals surface area contributed by atoms with Crippen LogP contribution < -0.4 is 15.8 Å². The molecule has 5 N–H and O–H groups in total. The summed E-state index contributed by atoms with van der Waals surface area (Å²) in [5.41, 5.74) is 0.570. The van der Waals surface area contributed by atoms with Gasteiger partial charge in [-0.05, 0) is 54.0 Å². The number of ketones is 1. The summed E-state index contributed by atoms with van der Waals surface area (Å²) in [6.07, 6.45) is 0.713. The number of rotatable bonds is 8. The molecule has 0 amide bonds. The highest BCUT2D eigenvalue weighted by molar-refractivity contribution is 9.10. The van der Waals surface area contributed by atoms with Crippen LogP contribution in [0.3, 0.4) is 0 Å². The number of sulfonamides is 1. The summed E-state index contributed by atoms with van der Waals surface area (Å²) in [6.45, 7) is 3.15. The fraction of sp³-hybridized carbons (Fsp3) is 0.312. The Bertz CT molecular complexity index is 921. The van der Waals surface area contributed by atoms with E-state index in [2.05, 4.69) is 36.5 Å². The number of benzene rings is 1. The van der Waals surface area contributed by atoms with Gasteiger partial charge in [0, 0.05) is 18.3 Å². The van der Waals surface area contributed by atoms with Crippen LogP contribution in [0.4, 0.5) is 17.5 Å². The molecule has 2 aromatic rings. The Morgan fingerprint density at radius 3 is 2.52 bits per heavy atom. The third-order valence-corrected chi connectivity index (χ3v) is 5.13. The summed E-state index contributed by atoms with van der Waals surface area (Å²) in [5, 5.41) is 21.1. The first kappa shape index (κ1) is 21.2. The normalized spacial score (nSPS) is 13.7. The van der Waals surface area contributed by atoms with Gasteiger partial charge in [0.2, 0.25) is 16.0 Å². The highest BCUT2D eigenvalue weighted by atomic mass is 79.9. The van der Waals surface area contributed by atoms with Gasteiger partial charge in [0.25, 0.3) is 0 Å². The van der Waals surface area contributed by atoms with Gasteiger partial charge < -0.3 is 15.7 Å². The molecule has 27 heavy (non-hydrogen) atoms. The molecule has 146 valence electrons. The Balaban J connectivity index is 2.13. The first-order valence-electron chi connectivity index (χ1n) is 7.92. The van der Waals surface area contributed by atoms with Gasteiger partial charge in [0.15, 0.2) is 0 Å². The highest BCUT2D eigenvalue weighted by Crippen LogP contribution is 2.23. The second-order valence-electron chi connectivity index (χ2n) is 5.99. The zero-order valence-corrected chi connectivity index (χ0v) is 17.1. The van der Waals surface area contributed by atoms with E-state index in [1.165, 1.54) is 37.4 Å². The molecule has 0 saturated carbocycles. The molecule has 1 aromatic heterocycles. The summed E-state index contributed by atoms with van der Waals surface area (Å²) in [6, 6.07) is 5.41. The zero-order valence-electron chi connectivity index (χ0n) is 14.7. The molecule has 2 unspecified atom stereocenters. The van der Waals surface area contributed by atoms with Crippen LogP contribution in [0.2, 0.25) is 0 Å². The minimum atomic E-state index is -3.76. The molecule has 11 heteroatoms. The number of hydrogen-bond acceptors (Lipinski definition) is 8. The molecule has 1 heterocycles. The molecule has 2 atom stereocenters. The number of aromatic nitrogens is 2. The van der Waals surface area contributed by atoms with Gasteiger partial charge in [-0.15, -0.1) is 0 Å². The third-order valence-electron chi connectivity index (χ3n) is 3.62. The van der Waals surface area contributed by atoms with Gasteiger partial charge in [-0.25, -0.2) is 18.5 Å². The number of nitrogens with zero attached hydrogens (tertiary/aromatic N) is 2. The number of halogens is 1. The van der Waals surface area contributed by atoms with Crippen LogP contribution in [0.1, 0.15) is 20.3 Å². The predicted molar refractivity (Wildman–Crippen MR) is 105 cm³/mol. The van der Waals surface area contributed by atoms with Crippen molar-refractivity contribution in [3.8, 4) is 0 Å². The van der Waals surface area contributed by atoms with Crippen LogP contribution in [0.15, 0.2) is 39.8 Å². The maximum Gasteiger partial charge on any atom is 0.238 e. The van der Waals surface area contributed by atoms with Crippen molar-refractivity contribution in [3.05, 3.63) is 34.9 Å². The van der Waals surface area contributed by atoms with E-state index in [0.717, 1.165) is 0 Å². The van der Waals surface area contributed by atoms with E-state index in [1.807, 2.05) is 0 Å². The van der Waals surface area contributed by atoms with E-state index < -0.39 is 22.2 Å². The second-order valence-corrected chi connectivity index (χ2v) is 8.41. The van der Waals surface area contributed by atoms with Gasteiger partial charge in [-0.1, -0.05) is 0 Å². The lowest BCUT2D eigenvalue weighted by molar-refractivity contribution is -0.118. The monoisotopic (exact) mass is 457 g/mol. The van der Waals surface area contributed by atoms with E-state index in [4.69, 9.17) is 5.14 Å². The van der Waals surface area contributed by atoms with Crippen molar-refractivity contribution >= 4 is 49.2 Å². The summed E-state index contributed by atoms with van der Waals surface area (Å²) in [5.74, 6) is 0.587. The Morgan fingerprint density at radius 1 is 1.33 bits per heavy atom. The van der Waals surface area contributed by atoms with Crippen molar-refractivity contribution in [2.45, 2.75) is 37.3 Å². The van der Waals surface area contributed by atoms with Crippen molar-refractivity contribution in [2.75, 3.05) is 10.6 Å². The van der Waals surface area contributed by atoms with E-state index in [-0.39, 0.29) is 23.0 Å². The Morgan fingerprint density at radius 2 is 1.96 bits per heavy atom. The number of primary sulfonamides is 1. The molecule has 1 aromatic carbocycles. The molecule has 0 radical (unpaired) electrons. The first-order chi connectivity index (χ1) is 12.6. The predicted octanol–water partition coefficient (Wildman–Crippen LogP) is 1.77. The van der Waals surface area contributed by atoms with Crippen molar-refractivity contribution in [1.29, 1.82) is 0 Å². The summed E-state index contributed by atoms with van der Waals surface area (Å²) >= 11 is 3.33. The first-order valence-corrected chi connectivity index (χ1v) is 10.3. The molecule has 0 aliphatic heterocycles. The molecule has 2 rings (SSSR count). The summed E-state index contributed by atoms with van der Waals surface area (Å²) in [4.78, 5) is 19.6. The number of nitrogens with two attached hydrogens (primary N) is 1. The van der Waals surface area contributed by atoms with E-state index in [0.29, 0.717) is 16.0 Å². The number of carbonyl (C=O) groups is 1. The Kier molecular flexibility index (Phi) is 6.87. The number of carbonyl (C=O) groups excluding carboxylic acids is 1. The van der Waals surface area contributed by atoms with Crippen LogP contribution >= 0.6 is 15.9 Å². The van der Waals surface area contributed by atoms with Crippen molar-refractivity contribution in [2.24, 2.45) is 5.14 Å². The largest absolute Gasteiger partial charge is 0.391 e. The number of hydrogen-bond donors (Lipinski definition) is 4. The molecule has 0 aliphatic carbocycles. The molecule has 9 nitrogen and oxygen atoms in total. The quantitative estimate of drug-likeness (QED) is 0.468. The molecule has 0 bridgehead atoms. The lowest BCUT2D eigenvalue weighted by atomic mass is 10.1. The van der Waals surface area contributed by atoms with Gasteiger partial charge >= 0.3 is 0 Å². The minimum absolute atomic E-state index is 0.000383.